The molecule has 1 saturated carbocycles. The molecule has 2 amide bonds. The Morgan fingerprint density at radius 2 is 1.77 bits per heavy atom. The number of thiophene rings is 1. The van der Waals surface area contributed by atoms with Crippen molar-refractivity contribution < 1.29 is 9.59 Å². The van der Waals surface area contributed by atoms with Crippen LogP contribution in [-0.2, 0) is 22.7 Å². The van der Waals surface area contributed by atoms with Crippen molar-refractivity contribution in [1.82, 2.24) is 9.80 Å². The smallest absolute Gasteiger partial charge is 0.242 e. The van der Waals surface area contributed by atoms with Gasteiger partial charge in [0.2, 0.25) is 11.8 Å². The summed E-state index contributed by atoms with van der Waals surface area (Å²) in [7, 11) is 0. The number of carbonyl (C=O) groups is 2. The highest BCUT2D eigenvalue weighted by molar-refractivity contribution is 7.09. The van der Waals surface area contributed by atoms with Crippen molar-refractivity contribution in [2.75, 3.05) is 6.54 Å². The van der Waals surface area contributed by atoms with Crippen molar-refractivity contribution >= 4 is 23.2 Å². The van der Waals surface area contributed by atoms with Crippen molar-refractivity contribution in [2.24, 2.45) is 5.92 Å². The van der Waals surface area contributed by atoms with E-state index in [1.807, 2.05) is 51.6 Å². The van der Waals surface area contributed by atoms with Crippen LogP contribution in [0.15, 0.2) is 47.8 Å². The highest BCUT2D eigenvalue weighted by Gasteiger charge is 2.26. The van der Waals surface area contributed by atoms with E-state index in [4.69, 9.17) is 0 Å². The fraction of sp³-hybridized carbons (Fsp3) is 0.538. The highest BCUT2D eigenvalue weighted by atomic mass is 32.1. The lowest BCUT2D eigenvalue weighted by Gasteiger charge is -2.31. The van der Waals surface area contributed by atoms with Crippen LogP contribution in [0.3, 0.4) is 0 Å². The molecule has 1 unspecified atom stereocenters. The third-order valence-corrected chi connectivity index (χ3v) is 7.35. The molecule has 4 nitrogen and oxygen atoms in total. The molecule has 1 atom stereocenters. The van der Waals surface area contributed by atoms with Gasteiger partial charge in [0.05, 0.1) is 6.54 Å². The predicted molar refractivity (Wildman–Crippen MR) is 128 cm³/mol. The lowest BCUT2D eigenvalue weighted by atomic mass is 10.0. The quantitative estimate of drug-likeness (QED) is 0.438. The molecule has 2 aromatic rings. The average Bonchev–Trinajstić information content (AvgIpc) is 3.49. The van der Waals surface area contributed by atoms with Crippen LogP contribution in [0.2, 0.25) is 0 Å². The van der Waals surface area contributed by atoms with Crippen LogP contribution in [0, 0.1) is 5.92 Å². The van der Waals surface area contributed by atoms with E-state index < -0.39 is 0 Å². The van der Waals surface area contributed by atoms with Gasteiger partial charge in [-0.15, -0.1) is 11.3 Å². The molecule has 168 valence electrons. The van der Waals surface area contributed by atoms with Crippen LogP contribution in [-0.4, -0.2) is 34.2 Å². The Balaban J connectivity index is 1.68. The molecule has 0 saturated heterocycles. The Bertz CT molecular complexity index is 800. The van der Waals surface area contributed by atoms with Gasteiger partial charge in [0.15, 0.2) is 0 Å². The standard InChI is InChI=1S/C26H36N2O2S/c1-3-21(2)28(25(29)16-15-22-10-7-8-11-22)20-26(30)27(19-24-14-9-17-31-24)18-23-12-5-4-6-13-23/h4-6,9,12-14,17,21-22H,3,7-8,10-11,15-16,18-20H2,1-2H3. The summed E-state index contributed by atoms with van der Waals surface area (Å²) in [6.45, 7) is 5.44. The minimum atomic E-state index is 0.0202. The van der Waals surface area contributed by atoms with Gasteiger partial charge in [0.1, 0.15) is 6.54 Å². The first-order valence-corrected chi connectivity index (χ1v) is 12.6. The predicted octanol–water partition coefficient (Wildman–Crippen LogP) is 5.87. The number of hydrogen-bond donors (Lipinski definition) is 0. The third kappa shape index (κ3) is 7.20. The average molecular weight is 441 g/mol. The zero-order chi connectivity index (χ0) is 22.1. The first-order chi connectivity index (χ1) is 15.1. The van der Waals surface area contributed by atoms with Crippen LogP contribution in [0.5, 0.6) is 0 Å². The molecule has 0 radical (unpaired) electrons. The van der Waals surface area contributed by atoms with Gasteiger partial charge in [-0.1, -0.05) is 69.0 Å². The van der Waals surface area contributed by atoms with Crippen LogP contribution >= 0.6 is 11.3 Å². The number of nitrogens with zero attached hydrogens (tertiary/aromatic N) is 2. The van der Waals surface area contributed by atoms with Crippen molar-refractivity contribution in [1.29, 1.82) is 0 Å². The summed E-state index contributed by atoms with van der Waals surface area (Å²) in [6, 6.07) is 14.2. The Kier molecular flexibility index (Phi) is 9.13. The molecule has 0 spiro atoms. The summed E-state index contributed by atoms with van der Waals surface area (Å²) in [4.78, 5) is 31.4. The van der Waals surface area contributed by atoms with E-state index >= 15 is 0 Å². The molecule has 31 heavy (non-hydrogen) atoms. The molecule has 0 aliphatic heterocycles. The van der Waals surface area contributed by atoms with Crippen LogP contribution in [0.25, 0.3) is 0 Å². The molecular weight excluding hydrogens is 404 g/mol. The topological polar surface area (TPSA) is 40.6 Å². The number of hydrogen-bond acceptors (Lipinski definition) is 3. The van der Waals surface area contributed by atoms with Gasteiger partial charge >= 0.3 is 0 Å². The van der Waals surface area contributed by atoms with Gasteiger partial charge in [-0.2, -0.15) is 0 Å². The molecule has 1 aromatic carbocycles. The van der Waals surface area contributed by atoms with Crippen LogP contribution in [0.1, 0.15) is 69.2 Å². The molecule has 3 rings (SSSR count). The van der Waals surface area contributed by atoms with Crippen LogP contribution in [0.4, 0.5) is 0 Å². The van der Waals surface area contributed by atoms with Crippen molar-refractivity contribution in [3.05, 3.63) is 58.3 Å². The third-order valence-electron chi connectivity index (χ3n) is 6.49. The number of benzene rings is 1. The Labute approximate surface area is 191 Å². The number of carbonyl (C=O) groups excluding carboxylic acids is 2. The number of rotatable bonds is 11. The van der Waals surface area contributed by atoms with Gasteiger partial charge in [-0.25, -0.2) is 0 Å². The molecule has 0 bridgehead atoms. The first-order valence-electron chi connectivity index (χ1n) is 11.7. The van der Waals surface area contributed by atoms with Gasteiger partial charge in [0.25, 0.3) is 0 Å². The van der Waals surface area contributed by atoms with E-state index in [1.54, 1.807) is 11.3 Å². The summed E-state index contributed by atoms with van der Waals surface area (Å²) in [5.74, 6) is 0.837. The van der Waals surface area contributed by atoms with Gasteiger partial charge in [-0.3, -0.25) is 9.59 Å². The van der Waals surface area contributed by atoms with Crippen LogP contribution < -0.4 is 0 Å². The van der Waals surface area contributed by atoms with Crippen molar-refractivity contribution in [3.63, 3.8) is 0 Å². The van der Waals surface area contributed by atoms with E-state index in [0.717, 1.165) is 23.3 Å². The first kappa shape index (κ1) is 23.5. The van der Waals surface area contributed by atoms with E-state index in [0.29, 0.717) is 25.4 Å². The summed E-state index contributed by atoms with van der Waals surface area (Å²) in [5, 5.41) is 2.04. The summed E-state index contributed by atoms with van der Waals surface area (Å²) < 4.78 is 0. The van der Waals surface area contributed by atoms with Crippen molar-refractivity contribution in [2.45, 2.75) is 77.9 Å². The maximum Gasteiger partial charge on any atom is 0.242 e. The fourth-order valence-electron chi connectivity index (χ4n) is 4.35. The molecule has 1 aliphatic carbocycles. The summed E-state index contributed by atoms with van der Waals surface area (Å²) >= 11 is 1.66. The molecule has 1 fully saturated rings. The lowest BCUT2D eigenvalue weighted by Crippen LogP contribution is -2.46. The zero-order valence-corrected chi connectivity index (χ0v) is 19.8. The Morgan fingerprint density at radius 3 is 2.42 bits per heavy atom. The summed E-state index contributed by atoms with van der Waals surface area (Å²) in [5.41, 5.74) is 1.11. The van der Waals surface area contributed by atoms with E-state index in [9.17, 15) is 9.59 Å². The SMILES string of the molecule is CCC(C)N(CC(=O)N(Cc1ccccc1)Cc1cccs1)C(=O)CCC1CCCC1. The Morgan fingerprint density at radius 1 is 1.03 bits per heavy atom. The minimum Gasteiger partial charge on any atom is -0.332 e. The molecule has 1 aromatic heterocycles. The summed E-state index contributed by atoms with van der Waals surface area (Å²) in [6.07, 6.45) is 7.47. The second-order valence-electron chi connectivity index (χ2n) is 8.78. The molecule has 1 heterocycles. The van der Waals surface area contributed by atoms with E-state index in [-0.39, 0.29) is 24.4 Å². The second kappa shape index (κ2) is 12.0. The van der Waals surface area contributed by atoms with Gasteiger partial charge in [0, 0.05) is 23.9 Å². The second-order valence-corrected chi connectivity index (χ2v) is 9.82. The molecule has 5 heteroatoms. The van der Waals surface area contributed by atoms with E-state index in [2.05, 4.69) is 19.9 Å². The number of amides is 2. The maximum atomic E-state index is 13.4. The largest absolute Gasteiger partial charge is 0.332 e. The van der Waals surface area contributed by atoms with Gasteiger partial charge in [-0.05, 0) is 42.7 Å². The molecule has 0 N–H and O–H groups in total. The van der Waals surface area contributed by atoms with Gasteiger partial charge < -0.3 is 9.80 Å². The Hall–Kier alpha value is -2.14. The monoisotopic (exact) mass is 440 g/mol. The normalized spacial score (nSPS) is 15.0. The fourth-order valence-corrected chi connectivity index (χ4v) is 5.07. The molecular formula is C26H36N2O2S. The van der Waals surface area contributed by atoms with E-state index in [1.165, 1.54) is 25.7 Å². The highest BCUT2D eigenvalue weighted by Crippen LogP contribution is 2.29. The molecule has 1 aliphatic rings. The maximum absolute atomic E-state index is 13.4. The minimum absolute atomic E-state index is 0.0202. The lowest BCUT2D eigenvalue weighted by molar-refractivity contribution is -0.143. The zero-order valence-electron chi connectivity index (χ0n) is 19.0. The van der Waals surface area contributed by atoms with Crippen molar-refractivity contribution in [3.8, 4) is 0 Å².